The summed E-state index contributed by atoms with van der Waals surface area (Å²) in [6, 6.07) is 3.79. The largest absolute Gasteiger partial charge is 0.451 e. The Morgan fingerprint density at radius 1 is 0.975 bits per heavy atom. The van der Waals surface area contributed by atoms with Gasteiger partial charge in [0.25, 0.3) is 0 Å². The maximum atomic E-state index is 13.7. The van der Waals surface area contributed by atoms with Crippen molar-refractivity contribution in [3.63, 3.8) is 0 Å². The lowest BCUT2D eigenvalue weighted by molar-refractivity contribution is -0.145. The first kappa shape index (κ1) is 27.9. The van der Waals surface area contributed by atoms with Crippen molar-refractivity contribution in [3.05, 3.63) is 71.7 Å². The van der Waals surface area contributed by atoms with Crippen molar-refractivity contribution >= 4 is 15.9 Å². The Labute approximate surface area is 222 Å². The average Bonchev–Trinajstić information content (AvgIpc) is 3.55. The van der Waals surface area contributed by atoms with Crippen LogP contribution in [0.15, 0.2) is 53.8 Å². The molecule has 3 aromatic rings. The first-order chi connectivity index (χ1) is 18.7. The molecule has 1 aliphatic carbocycles. The monoisotopic (exact) mass is 589 g/mol. The number of benzene rings is 1. The number of halogens is 7. The molecule has 0 bridgehead atoms. The molecule has 1 saturated heterocycles. The van der Waals surface area contributed by atoms with Crippen LogP contribution in [0.1, 0.15) is 23.4 Å². The van der Waals surface area contributed by atoms with Crippen LogP contribution in [-0.2, 0) is 33.7 Å². The number of hydrogen-bond donors (Lipinski definition) is 1. The van der Waals surface area contributed by atoms with Gasteiger partial charge < -0.3 is 5.32 Å². The maximum Gasteiger partial charge on any atom is 0.451 e. The molecule has 1 amide bonds. The molecule has 2 aromatic heterocycles. The van der Waals surface area contributed by atoms with E-state index < -0.39 is 63.6 Å². The molecule has 8 nitrogen and oxygen atoms in total. The number of nitrogens with one attached hydrogen (secondary N) is 1. The number of hydrogen-bond acceptors (Lipinski definition) is 6. The normalized spacial score (nSPS) is 21.2. The van der Waals surface area contributed by atoms with Gasteiger partial charge in [-0.1, -0.05) is 0 Å². The standard InChI is InChI=1S/C24H18F7N5O3S/c25-15-1-3-16(4-2-15)40(38,39)36-11-13-5-17(13)20(36)21(37)33-7-12-6-19(32-10-18(12)23(26,27)28)14-8-34-22(35-9-14)24(29,30)31/h1-4,6,8-10,13,17,20H,5,7,11H2,(H,33,37)/t13-,17-,20-/m0/s1. The van der Waals surface area contributed by atoms with Crippen molar-refractivity contribution in [2.75, 3.05) is 6.54 Å². The smallest absolute Gasteiger partial charge is 0.351 e. The van der Waals surface area contributed by atoms with Crippen LogP contribution in [0.3, 0.4) is 0 Å². The lowest BCUT2D eigenvalue weighted by atomic mass is 10.1. The molecule has 2 fully saturated rings. The van der Waals surface area contributed by atoms with E-state index in [0.29, 0.717) is 12.6 Å². The summed E-state index contributed by atoms with van der Waals surface area (Å²) in [5.41, 5.74) is -1.92. The molecule has 0 spiro atoms. The van der Waals surface area contributed by atoms with Gasteiger partial charge >= 0.3 is 12.4 Å². The Hall–Kier alpha value is -3.66. The minimum Gasteiger partial charge on any atom is -0.351 e. The average molecular weight is 589 g/mol. The predicted molar refractivity (Wildman–Crippen MR) is 123 cm³/mol. The number of carbonyl (C=O) groups excluding carboxylic acids is 1. The third kappa shape index (κ3) is 5.37. The summed E-state index contributed by atoms with van der Waals surface area (Å²) in [5, 5.41) is 2.37. The summed E-state index contributed by atoms with van der Waals surface area (Å²) in [4.78, 5) is 22.9. The maximum absolute atomic E-state index is 13.7. The number of piperidine rings is 1. The van der Waals surface area contributed by atoms with Crippen molar-refractivity contribution < 1.29 is 43.9 Å². The molecule has 1 N–H and O–H groups in total. The second kappa shape index (κ2) is 9.76. The first-order valence-electron chi connectivity index (χ1n) is 11.7. The van der Waals surface area contributed by atoms with E-state index in [1.807, 2.05) is 0 Å². The molecule has 3 atom stereocenters. The highest BCUT2D eigenvalue weighted by molar-refractivity contribution is 7.89. The van der Waals surface area contributed by atoms with Gasteiger partial charge in [-0.3, -0.25) is 9.78 Å². The fraction of sp³-hybridized carbons (Fsp3) is 0.333. The Morgan fingerprint density at radius 2 is 1.62 bits per heavy atom. The number of fused-ring (bicyclic) bond motifs is 1. The van der Waals surface area contributed by atoms with E-state index in [1.54, 1.807) is 0 Å². The summed E-state index contributed by atoms with van der Waals surface area (Å²) in [6.45, 7) is -0.646. The van der Waals surface area contributed by atoms with Crippen LogP contribution >= 0.6 is 0 Å². The summed E-state index contributed by atoms with van der Waals surface area (Å²) >= 11 is 0. The zero-order chi connectivity index (χ0) is 29.0. The second-order valence-electron chi connectivity index (χ2n) is 9.37. The number of pyridine rings is 1. The fourth-order valence-electron chi connectivity index (χ4n) is 4.69. The van der Waals surface area contributed by atoms with Gasteiger partial charge in [0, 0.05) is 37.2 Å². The van der Waals surface area contributed by atoms with Crippen LogP contribution in [0.2, 0.25) is 0 Å². The molecule has 1 aromatic carbocycles. The van der Waals surface area contributed by atoms with Crippen molar-refractivity contribution in [1.82, 2.24) is 24.6 Å². The fourth-order valence-corrected chi connectivity index (χ4v) is 6.38. The van der Waals surface area contributed by atoms with E-state index >= 15 is 0 Å². The van der Waals surface area contributed by atoms with Gasteiger partial charge in [0.15, 0.2) is 0 Å². The number of alkyl halides is 6. The molecule has 3 heterocycles. The molecule has 16 heteroatoms. The van der Waals surface area contributed by atoms with Gasteiger partial charge in [-0.25, -0.2) is 22.8 Å². The van der Waals surface area contributed by atoms with Gasteiger partial charge in [-0.05, 0) is 54.2 Å². The van der Waals surface area contributed by atoms with Gasteiger partial charge in [-0.2, -0.15) is 30.6 Å². The SMILES string of the molecule is O=C(NCc1cc(-c2cnc(C(F)(F)F)nc2)ncc1C(F)(F)F)[C@@H]1[C@H]2C[C@H]2CN1S(=O)(=O)c1ccc(F)cc1. The zero-order valence-corrected chi connectivity index (χ0v) is 20.9. The minimum absolute atomic E-state index is 0.0313. The second-order valence-corrected chi connectivity index (χ2v) is 11.3. The van der Waals surface area contributed by atoms with Gasteiger partial charge in [0.1, 0.15) is 11.9 Å². The first-order valence-corrected chi connectivity index (χ1v) is 13.1. The third-order valence-corrected chi connectivity index (χ3v) is 8.61. The van der Waals surface area contributed by atoms with E-state index in [4.69, 9.17) is 0 Å². The van der Waals surface area contributed by atoms with Crippen molar-refractivity contribution in [2.24, 2.45) is 11.8 Å². The Morgan fingerprint density at radius 3 is 2.23 bits per heavy atom. The summed E-state index contributed by atoms with van der Waals surface area (Å²) in [7, 11) is -4.20. The zero-order valence-electron chi connectivity index (χ0n) is 20.0. The Balaban J connectivity index is 1.39. The highest BCUT2D eigenvalue weighted by Crippen LogP contribution is 2.51. The van der Waals surface area contributed by atoms with Gasteiger partial charge in [0.2, 0.25) is 21.8 Å². The topological polar surface area (TPSA) is 105 Å². The Bertz CT molecular complexity index is 1550. The lowest BCUT2D eigenvalue weighted by Crippen LogP contribution is -2.48. The molecule has 1 saturated carbocycles. The molecular weight excluding hydrogens is 571 g/mol. The highest BCUT2D eigenvalue weighted by Gasteiger charge is 2.59. The van der Waals surface area contributed by atoms with Crippen LogP contribution in [0.4, 0.5) is 30.7 Å². The number of carbonyl (C=O) groups is 1. The summed E-state index contributed by atoms with van der Waals surface area (Å²) in [5.74, 6) is -3.33. The van der Waals surface area contributed by atoms with Crippen LogP contribution in [0, 0.1) is 17.7 Å². The van der Waals surface area contributed by atoms with E-state index in [0.717, 1.165) is 47.0 Å². The molecule has 0 unspecified atom stereocenters. The molecule has 0 radical (unpaired) electrons. The number of rotatable bonds is 6. The van der Waals surface area contributed by atoms with Crippen molar-refractivity contribution in [1.29, 1.82) is 0 Å². The van der Waals surface area contributed by atoms with Crippen LogP contribution in [-0.4, -0.2) is 46.2 Å². The molecular formula is C24H18F7N5O3S. The van der Waals surface area contributed by atoms with Gasteiger partial charge in [-0.15, -0.1) is 0 Å². The highest BCUT2D eigenvalue weighted by atomic mass is 32.2. The van der Waals surface area contributed by atoms with Gasteiger partial charge in [0.05, 0.1) is 16.2 Å². The summed E-state index contributed by atoms with van der Waals surface area (Å²) < 4.78 is 120. The van der Waals surface area contributed by atoms with E-state index in [2.05, 4.69) is 20.3 Å². The number of aromatic nitrogens is 3. The molecule has 5 rings (SSSR count). The lowest BCUT2D eigenvalue weighted by Gasteiger charge is -2.26. The number of amides is 1. The molecule has 212 valence electrons. The molecule has 2 aliphatic rings. The number of sulfonamides is 1. The van der Waals surface area contributed by atoms with E-state index in [9.17, 15) is 43.9 Å². The number of nitrogens with zero attached hydrogens (tertiary/aromatic N) is 4. The Kier molecular flexibility index (Phi) is 6.81. The van der Waals surface area contributed by atoms with Crippen molar-refractivity contribution in [2.45, 2.75) is 36.3 Å². The van der Waals surface area contributed by atoms with E-state index in [1.165, 1.54) is 0 Å². The third-order valence-electron chi connectivity index (χ3n) is 6.75. The predicted octanol–water partition coefficient (Wildman–Crippen LogP) is 4.04. The summed E-state index contributed by atoms with van der Waals surface area (Å²) in [6.07, 6.45) is -7.13. The van der Waals surface area contributed by atoms with Crippen LogP contribution in [0.5, 0.6) is 0 Å². The quantitative estimate of drug-likeness (QED) is 0.436. The van der Waals surface area contributed by atoms with Crippen molar-refractivity contribution in [3.8, 4) is 11.3 Å². The van der Waals surface area contributed by atoms with Crippen LogP contribution in [0.25, 0.3) is 11.3 Å². The van der Waals surface area contributed by atoms with Crippen LogP contribution < -0.4 is 5.32 Å². The van der Waals surface area contributed by atoms with E-state index in [-0.39, 0.29) is 34.5 Å². The minimum atomic E-state index is -4.88. The molecule has 40 heavy (non-hydrogen) atoms. The molecule has 1 aliphatic heterocycles.